The lowest BCUT2D eigenvalue weighted by Gasteiger charge is -2.41. The van der Waals surface area contributed by atoms with Gasteiger partial charge >= 0.3 is 0 Å². The predicted molar refractivity (Wildman–Crippen MR) is 133 cm³/mol. The zero-order chi connectivity index (χ0) is 20.8. The number of nitrogens with zero attached hydrogens (tertiary/aromatic N) is 4. The first-order valence-electron chi connectivity index (χ1n) is 10.1. The van der Waals surface area contributed by atoms with E-state index in [-0.39, 0.29) is 0 Å². The molecule has 0 aromatic carbocycles. The lowest BCUT2D eigenvalue weighted by atomic mass is 10.2. The molecule has 4 nitrogen and oxygen atoms in total. The van der Waals surface area contributed by atoms with Crippen LogP contribution in [0.1, 0.15) is 25.7 Å². The predicted octanol–water partition coefficient (Wildman–Crippen LogP) is 6.46. The van der Waals surface area contributed by atoms with Crippen molar-refractivity contribution >= 4 is 45.4 Å². The molecule has 0 bridgehead atoms. The van der Waals surface area contributed by atoms with Crippen molar-refractivity contribution in [3.05, 3.63) is 0 Å². The molecule has 8 heteroatoms. The molecule has 0 spiro atoms. The smallest absolute Gasteiger partial charge is 0.158 e. The number of rotatable bonds is 11. The molecule has 0 heterocycles. The number of unbranched alkanes of at least 4 members (excludes halogenated alkanes) is 3. The maximum Gasteiger partial charge on any atom is 0.158 e. The lowest BCUT2D eigenvalue weighted by Crippen LogP contribution is -2.55. The van der Waals surface area contributed by atoms with Crippen LogP contribution < -0.4 is 0 Å². The largest absolute Gasteiger partial charge is 0.350 e. The van der Waals surface area contributed by atoms with Crippen LogP contribution in [0.3, 0.4) is 0 Å². The van der Waals surface area contributed by atoms with Crippen LogP contribution >= 0.6 is 0 Å². The Morgan fingerprint density at radius 3 is 0.923 bits per heavy atom. The number of hydrogen-bond acceptors (Lipinski definition) is 4. The van der Waals surface area contributed by atoms with Gasteiger partial charge in [0.1, 0.15) is 0 Å². The monoisotopic (exact) mass is 430 g/mol. The summed E-state index contributed by atoms with van der Waals surface area (Å²) in [5.74, 6) is 0. The highest BCUT2D eigenvalue weighted by atomic mass is 28.4. The Morgan fingerprint density at radius 2 is 0.731 bits per heavy atom. The van der Waals surface area contributed by atoms with E-state index in [0.717, 1.165) is 12.8 Å². The second-order valence-corrected chi connectivity index (χ2v) is 31.1. The highest BCUT2D eigenvalue weighted by molar-refractivity contribution is 6.90. The topological polar surface area (TPSA) is 31.2 Å². The van der Waals surface area contributed by atoms with Gasteiger partial charge < -0.3 is 8.68 Å². The summed E-state index contributed by atoms with van der Waals surface area (Å²) in [5.41, 5.74) is 0. The molecule has 0 rings (SSSR count). The van der Waals surface area contributed by atoms with Gasteiger partial charge in [0, 0.05) is 12.4 Å². The molecule has 0 aliphatic heterocycles. The Morgan fingerprint density at radius 1 is 0.500 bits per heavy atom. The van der Waals surface area contributed by atoms with Gasteiger partial charge in [0.25, 0.3) is 0 Å². The van der Waals surface area contributed by atoms with Crippen molar-refractivity contribution in [1.29, 1.82) is 0 Å². The highest BCUT2D eigenvalue weighted by Gasteiger charge is 2.34. The first-order chi connectivity index (χ1) is 11.5. The summed E-state index contributed by atoms with van der Waals surface area (Å²) >= 11 is 0. The van der Waals surface area contributed by atoms with Crippen LogP contribution in [0.15, 0.2) is 10.2 Å². The van der Waals surface area contributed by atoms with Gasteiger partial charge in [-0.3, -0.25) is 0 Å². The van der Waals surface area contributed by atoms with Gasteiger partial charge in [0.05, 0.1) is 0 Å². The average Bonchev–Trinajstić information content (AvgIpc) is 2.34. The van der Waals surface area contributed by atoms with E-state index < -0.39 is 32.9 Å². The van der Waals surface area contributed by atoms with E-state index in [4.69, 9.17) is 10.2 Å². The van der Waals surface area contributed by atoms with Crippen molar-refractivity contribution in [3.63, 3.8) is 0 Å². The molecule has 0 saturated heterocycles. The SMILES string of the molecule is C[Si](C)(C)N(/N=C/CCCC/C=N/N([Si](C)(C)C)[Si](C)(C)C)[Si](C)(C)C. The first kappa shape index (κ1) is 25.8. The summed E-state index contributed by atoms with van der Waals surface area (Å²) in [7, 11) is -5.49. The highest BCUT2D eigenvalue weighted by Crippen LogP contribution is 2.21. The fraction of sp³-hybridized carbons (Fsp3) is 0.889. The summed E-state index contributed by atoms with van der Waals surface area (Å²) in [5, 5.41) is 9.76. The molecule has 0 fully saturated rings. The van der Waals surface area contributed by atoms with Crippen LogP contribution in [0.25, 0.3) is 0 Å². The van der Waals surface area contributed by atoms with Gasteiger partial charge in [-0.2, -0.15) is 0 Å². The molecule has 154 valence electrons. The van der Waals surface area contributed by atoms with Gasteiger partial charge in [0.15, 0.2) is 32.9 Å². The fourth-order valence-corrected chi connectivity index (χ4v) is 21.3. The summed E-state index contributed by atoms with van der Waals surface area (Å²) in [6.45, 7) is 28.7. The second-order valence-electron chi connectivity index (χ2n) is 11.2. The van der Waals surface area contributed by atoms with Crippen LogP contribution in [0.5, 0.6) is 0 Å². The van der Waals surface area contributed by atoms with Gasteiger partial charge in [-0.25, -0.2) is 10.2 Å². The minimum Gasteiger partial charge on any atom is -0.350 e. The van der Waals surface area contributed by atoms with E-state index >= 15 is 0 Å². The van der Waals surface area contributed by atoms with Crippen LogP contribution in [-0.4, -0.2) is 54.1 Å². The molecule has 0 aliphatic carbocycles. The third kappa shape index (κ3) is 10.2. The third-order valence-electron chi connectivity index (χ3n) is 3.85. The van der Waals surface area contributed by atoms with E-state index in [2.05, 4.69) is 99.7 Å². The van der Waals surface area contributed by atoms with E-state index in [0.29, 0.717) is 0 Å². The van der Waals surface area contributed by atoms with Crippen LogP contribution in [-0.2, 0) is 0 Å². The normalized spacial score (nSPS) is 14.5. The molecule has 0 unspecified atom stereocenters. The Hall–Kier alpha value is -0.192. The maximum absolute atomic E-state index is 4.88. The summed E-state index contributed by atoms with van der Waals surface area (Å²) in [4.78, 5) is 0. The van der Waals surface area contributed by atoms with Crippen molar-refractivity contribution in [2.45, 2.75) is 104 Å². The van der Waals surface area contributed by atoms with Crippen molar-refractivity contribution in [1.82, 2.24) is 8.68 Å². The Balaban J connectivity index is 4.44. The molecular weight excluding hydrogens is 385 g/mol. The minimum absolute atomic E-state index is 1.07. The van der Waals surface area contributed by atoms with Crippen LogP contribution in [0.4, 0.5) is 0 Å². The molecule has 0 aromatic heterocycles. The van der Waals surface area contributed by atoms with Gasteiger partial charge in [-0.05, 0) is 25.7 Å². The Bertz CT molecular complexity index is 394. The van der Waals surface area contributed by atoms with Gasteiger partial charge in [0.2, 0.25) is 0 Å². The zero-order valence-electron chi connectivity index (χ0n) is 19.8. The Labute approximate surface area is 168 Å². The molecule has 0 saturated carbocycles. The molecular formula is C18H46N4Si4. The minimum atomic E-state index is -1.37. The van der Waals surface area contributed by atoms with Gasteiger partial charge in [-0.15, -0.1) is 0 Å². The molecule has 0 amide bonds. The van der Waals surface area contributed by atoms with E-state index in [1.54, 1.807) is 0 Å². The summed E-state index contributed by atoms with van der Waals surface area (Å²) in [6, 6.07) is 0. The second kappa shape index (κ2) is 9.84. The van der Waals surface area contributed by atoms with E-state index in [9.17, 15) is 0 Å². The zero-order valence-corrected chi connectivity index (χ0v) is 23.8. The van der Waals surface area contributed by atoms with Crippen molar-refractivity contribution in [2.75, 3.05) is 0 Å². The quantitative estimate of drug-likeness (QED) is 0.163. The average molecular weight is 431 g/mol. The Kier molecular flexibility index (Phi) is 9.76. The van der Waals surface area contributed by atoms with Crippen molar-refractivity contribution in [3.8, 4) is 0 Å². The van der Waals surface area contributed by atoms with Crippen molar-refractivity contribution in [2.24, 2.45) is 10.2 Å². The molecule has 0 atom stereocenters. The van der Waals surface area contributed by atoms with Crippen LogP contribution in [0.2, 0.25) is 78.6 Å². The van der Waals surface area contributed by atoms with Gasteiger partial charge in [-0.1, -0.05) is 78.6 Å². The molecule has 26 heavy (non-hydrogen) atoms. The third-order valence-corrected chi connectivity index (χ3v) is 17.4. The lowest BCUT2D eigenvalue weighted by molar-refractivity contribution is 0.660. The molecule has 0 aliphatic rings. The van der Waals surface area contributed by atoms with Crippen molar-refractivity contribution < 1.29 is 0 Å². The standard InChI is InChI=1S/C18H46N4Si4/c1-23(2,3)21(24(4,5)6)19-17-15-13-14-16-18-20-22(25(7,8)9)26(10,11)12/h17-18H,13-16H2,1-12H3/b19-17+,20-18+. The number of hydrogen-bond donors (Lipinski definition) is 0. The summed E-state index contributed by atoms with van der Waals surface area (Å²) < 4.78 is 4.97. The maximum atomic E-state index is 4.88. The van der Waals surface area contributed by atoms with Crippen LogP contribution in [0, 0.1) is 0 Å². The molecule has 0 aromatic rings. The first-order valence-corrected chi connectivity index (χ1v) is 23.9. The molecule has 0 N–H and O–H groups in total. The number of hydrazone groups is 2. The fourth-order valence-electron chi connectivity index (χ4n) is 3.46. The van der Waals surface area contributed by atoms with E-state index in [1.165, 1.54) is 12.8 Å². The summed E-state index contributed by atoms with van der Waals surface area (Å²) in [6.07, 6.45) is 8.85. The van der Waals surface area contributed by atoms with E-state index in [1.807, 2.05) is 0 Å². The molecule has 0 radical (unpaired) electrons.